The molecule has 1 aromatic heterocycles. The number of hydrogen-bond donors (Lipinski definition) is 2. The predicted octanol–water partition coefficient (Wildman–Crippen LogP) is 1.69. The highest BCUT2D eigenvalue weighted by Crippen LogP contribution is 2.22. The third-order valence-electron chi connectivity index (χ3n) is 5.37. The molecule has 0 bridgehead atoms. The van der Waals surface area contributed by atoms with E-state index in [1.165, 1.54) is 0 Å². The summed E-state index contributed by atoms with van der Waals surface area (Å²) in [6.07, 6.45) is 7.68. The SMILES string of the molecule is CN1C=Cc2ccc([C@@H](CN)C(=O)Cc3ccc4cnccc4c3)cc2B1O. The average Bonchev–Trinajstić information content (AvgIpc) is 2.71. The summed E-state index contributed by atoms with van der Waals surface area (Å²) >= 11 is 0. The molecule has 0 saturated heterocycles. The molecule has 0 aliphatic carbocycles. The summed E-state index contributed by atoms with van der Waals surface area (Å²) in [5.41, 5.74) is 9.54. The van der Waals surface area contributed by atoms with E-state index < -0.39 is 13.0 Å². The Morgan fingerprint density at radius 3 is 2.89 bits per heavy atom. The number of nitrogens with two attached hydrogens (primary N) is 1. The molecular weight excluding hydrogens is 349 g/mol. The number of hydrogen-bond acceptors (Lipinski definition) is 5. The van der Waals surface area contributed by atoms with Gasteiger partial charge in [-0.2, -0.15) is 0 Å². The van der Waals surface area contributed by atoms with Crippen molar-refractivity contribution in [2.45, 2.75) is 12.3 Å². The Bertz CT molecular complexity index is 1070. The van der Waals surface area contributed by atoms with Gasteiger partial charge in [-0.3, -0.25) is 9.78 Å². The number of nitrogens with zero attached hydrogens (tertiary/aromatic N) is 2. The minimum Gasteiger partial charge on any atom is -0.429 e. The number of ketones is 1. The highest BCUT2D eigenvalue weighted by Gasteiger charge is 2.27. The van der Waals surface area contributed by atoms with E-state index >= 15 is 0 Å². The van der Waals surface area contributed by atoms with Crippen LogP contribution in [0.2, 0.25) is 0 Å². The van der Waals surface area contributed by atoms with Gasteiger partial charge in [0.2, 0.25) is 0 Å². The van der Waals surface area contributed by atoms with Crippen LogP contribution in [0.1, 0.15) is 22.6 Å². The Kier molecular flexibility index (Phi) is 4.98. The van der Waals surface area contributed by atoms with E-state index in [1.54, 1.807) is 11.0 Å². The lowest BCUT2D eigenvalue weighted by Crippen LogP contribution is -2.47. The highest BCUT2D eigenvalue weighted by atomic mass is 16.2. The maximum absolute atomic E-state index is 13.0. The number of pyridine rings is 1. The summed E-state index contributed by atoms with van der Waals surface area (Å²) in [6, 6.07) is 13.7. The zero-order valence-electron chi connectivity index (χ0n) is 15.7. The summed E-state index contributed by atoms with van der Waals surface area (Å²) in [5, 5.41) is 12.6. The van der Waals surface area contributed by atoms with Gasteiger partial charge in [0.15, 0.2) is 0 Å². The Balaban J connectivity index is 1.59. The molecule has 0 saturated carbocycles. The number of carbonyl (C=O) groups excluding carboxylic acids is 1. The van der Waals surface area contributed by atoms with Gasteiger partial charge in [-0.25, -0.2) is 0 Å². The lowest BCUT2D eigenvalue weighted by molar-refractivity contribution is -0.119. The van der Waals surface area contributed by atoms with Crippen molar-refractivity contribution in [2.24, 2.45) is 5.73 Å². The van der Waals surface area contributed by atoms with Crippen molar-refractivity contribution in [1.29, 1.82) is 0 Å². The number of Topliss-reactive ketones (excluding diaryl/α,β-unsaturated/α-hetero) is 1. The lowest BCUT2D eigenvalue weighted by Gasteiger charge is -2.25. The predicted molar refractivity (Wildman–Crippen MR) is 113 cm³/mol. The van der Waals surface area contributed by atoms with Gasteiger partial charge in [-0.15, -0.1) is 0 Å². The fourth-order valence-electron chi connectivity index (χ4n) is 3.70. The fourth-order valence-corrected chi connectivity index (χ4v) is 3.70. The largest absolute Gasteiger partial charge is 0.449 e. The Morgan fingerprint density at radius 1 is 1.21 bits per heavy atom. The molecule has 5 nitrogen and oxygen atoms in total. The third-order valence-corrected chi connectivity index (χ3v) is 5.37. The summed E-state index contributed by atoms with van der Waals surface area (Å²) in [4.78, 5) is 18.9. The van der Waals surface area contributed by atoms with Crippen LogP contribution in [0.15, 0.2) is 61.1 Å². The molecule has 140 valence electrons. The van der Waals surface area contributed by atoms with Crippen LogP contribution >= 0.6 is 0 Å². The molecule has 2 aromatic carbocycles. The van der Waals surface area contributed by atoms with Crippen LogP contribution in [0.3, 0.4) is 0 Å². The van der Waals surface area contributed by atoms with Crippen molar-refractivity contribution in [2.75, 3.05) is 13.6 Å². The molecule has 3 N–H and O–H groups in total. The van der Waals surface area contributed by atoms with Crippen LogP contribution in [0, 0.1) is 0 Å². The van der Waals surface area contributed by atoms with E-state index in [9.17, 15) is 9.82 Å². The number of aromatic nitrogens is 1. The molecule has 0 fully saturated rings. The van der Waals surface area contributed by atoms with Crippen molar-refractivity contribution in [3.05, 3.63) is 77.7 Å². The van der Waals surface area contributed by atoms with Crippen molar-refractivity contribution >= 4 is 35.1 Å². The van der Waals surface area contributed by atoms with Crippen molar-refractivity contribution < 1.29 is 9.82 Å². The normalized spacial score (nSPS) is 14.2. The standard InChI is InChI=1S/C22H22BN3O2/c1-26-9-7-16-4-5-18(12-21(16)23(26)28)20(13-24)22(27)11-15-2-3-19-14-25-8-6-17(19)10-15/h2-10,12,14,20,28H,11,13,24H2,1H3/t20-/m1/s1. The van der Waals surface area contributed by atoms with E-state index in [4.69, 9.17) is 5.73 Å². The van der Waals surface area contributed by atoms with Gasteiger partial charge in [-0.05, 0) is 52.9 Å². The summed E-state index contributed by atoms with van der Waals surface area (Å²) < 4.78 is 0. The van der Waals surface area contributed by atoms with E-state index in [2.05, 4.69) is 4.98 Å². The van der Waals surface area contributed by atoms with Gasteiger partial charge in [0.1, 0.15) is 5.78 Å². The van der Waals surface area contributed by atoms with Crippen molar-refractivity contribution in [3.63, 3.8) is 0 Å². The zero-order chi connectivity index (χ0) is 19.7. The molecule has 0 unspecified atom stereocenters. The average molecular weight is 371 g/mol. The smallest absolute Gasteiger partial charge is 0.429 e. The molecule has 6 heteroatoms. The third kappa shape index (κ3) is 3.44. The number of benzene rings is 2. The Hall–Kier alpha value is -2.96. The molecular formula is C22H22BN3O2. The maximum Gasteiger partial charge on any atom is 0.449 e. The van der Waals surface area contributed by atoms with Crippen LogP contribution in [0.5, 0.6) is 0 Å². The first-order valence-electron chi connectivity index (χ1n) is 9.34. The van der Waals surface area contributed by atoms with Gasteiger partial charge in [-0.1, -0.05) is 36.4 Å². The van der Waals surface area contributed by atoms with Crippen LogP contribution in [0.25, 0.3) is 16.8 Å². The van der Waals surface area contributed by atoms with Gasteiger partial charge >= 0.3 is 7.05 Å². The quantitative estimate of drug-likeness (QED) is 0.668. The summed E-state index contributed by atoms with van der Waals surface area (Å²) in [5.74, 6) is -0.327. The highest BCUT2D eigenvalue weighted by molar-refractivity contribution is 6.65. The second-order valence-corrected chi connectivity index (χ2v) is 7.23. The molecule has 4 rings (SSSR count). The second-order valence-electron chi connectivity index (χ2n) is 7.23. The maximum atomic E-state index is 13.0. The molecule has 28 heavy (non-hydrogen) atoms. The molecule has 3 aromatic rings. The first-order chi connectivity index (χ1) is 13.6. The Labute approximate surface area is 164 Å². The number of carbonyl (C=O) groups is 1. The minimum atomic E-state index is -0.720. The molecule has 0 spiro atoms. The fraction of sp³-hybridized carbons (Fsp3) is 0.182. The molecule has 1 atom stereocenters. The first kappa shape index (κ1) is 18.4. The van der Waals surface area contributed by atoms with Crippen LogP contribution in [-0.4, -0.2) is 41.2 Å². The van der Waals surface area contributed by atoms with E-state index in [0.717, 1.165) is 32.9 Å². The van der Waals surface area contributed by atoms with Crippen LogP contribution < -0.4 is 11.2 Å². The monoisotopic (exact) mass is 371 g/mol. The van der Waals surface area contributed by atoms with Gasteiger partial charge in [0.05, 0.1) is 5.92 Å². The molecule has 1 aliphatic heterocycles. The summed E-state index contributed by atoms with van der Waals surface area (Å²) in [7, 11) is 1.10. The lowest BCUT2D eigenvalue weighted by atomic mass is 9.67. The number of fused-ring (bicyclic) bond motifs is 2. The minimum absolute atomic E-state index is 0.0741. The zero-order valence-corrected chi connectivity index (χ0v) is 15.7. The van der Waals surface area contributed by atoms with Gasteiger partial charge in [0.25, 0.3) is 0 Å². The van der Waals surface area contributed by atoms with Crippen molar-refractivity contribution in [1.82, 2.24) is 9.79 Å². The Morgan fingerprint density at radius 2 is 2.07 bits per heavy atom. The number of rotatable bonds is 5. The van der Waals surface area contributed by atoms with Crippen molar-refractivity contribution in [3.8, 4) is 0 Å². The molecule has 0 amide bonds. The van der Waals surface area contributed by atoms with E-state index in [0.29, 0.717) is 6.42 Å². The van der Waals surface area contributed by atoms with Gasteiger partial charge < -0.3 is 15.6 Å². The molecule has 1 aliphatic rings. The van der Waals surface area contributed by atoms with Crippen LogP contribution in [-0.2, 0) is 11.2 Å². The van der Waals surface area contributed by atoms with Gasteiger partial charge in [0, 0.05) is 30.7 Å². The first-order valence-corrected chi connectivity index (χ1v) is 9.34. The van der Waals surface area contributed by atoms with E-state index in [-0.39, 0.29) is 12.3 Å². The second kappa shape index (κ2) is 7.58. The van der Waals surface area contributed by atoms with Crippen LogP contribution in [0.4, 0.5) is 0 Å². The summed E-state index contributed by atoms with van der Waals surface area (Å²) in [6.45, 7) is 0.233. The molecule has 2 heterocycles. The molecule has 0 radical (unpaired) electrons. The van der Waals surface area contributed by atoms with E-state index in [1.807, 2.05) is 68.0 Å². The topological polar surface area (TPSA) is 79.5 Å².